The summed E-state index contributed by atoms with van der Waals surface area (Å²) in [7, 11) is 0. The molecule has 3 rings (SSSR count). The number of carbonyl (C=O) groups excluding carboxylic acids is 1. The van der Waals surface area contributed by atoms with E-state index in [-0.39, 0.29) is 11.6 Å². The SMILES string of the molecule is Cc1ccc(Cl)cc1NC(=O)NC1(c2ccc(Cl)cc2)CC1. The molecule has 1 aliphatic carbocycles. The topological polar surface area (TPSA) is 41.1 Å². The van der Waals surface area contributed by atoms with Crippen molar-refractivity contribution < 1.29 is 4.79 Å². The minimum atomic E-state index is -0.277. The van der Waals surface area contributed by atoms with Crippen LogP contribution in [0.2, 0.25) is 10.0 Å². The number of aryl methyl sites for hydroxylation is 1. The van der Waals surface area contributed by atoms with Gasteiger partial charge >= 0.3 is 6.03 Å². The Balaban J connectivity index is 1.71. The summed E-state index contributed by atoms with van der Waals surface area (Å²) < 4.78 is 0. The molecule has 0 atom stereocenters. The summed E-state index contributed by atoms with van der Waals surface area (Å²) in [5.74, 6) is 0. The summed E-state index contributed by atoms with van der Waals surface area (Å²) in [6.07, 6.45) is 1.85. The zero-order valence-electron chi connectivity index (χ0n) is 12.1. The molecule has 22 heavy (non-hydrogen) atoms. The lowest BCUT2D eigenvalue weighted by molar-refractivity contribution is 0.247. The Morgan fingerprint density at radius 1 is 1.05 bits per heavy atom. The van der Waals surface area contributed by atoms with E-state index in [0.717, 1.165) is 29.7 Å². The molecule has 2 N–H and O–H groups in total. The Hall–Kier alpha value is -1.71. The second-order valence-corrected chi connectivity index (χ2v) is 6.50. The van der Waals surface area contributed by atoms with Crippen LogP contribution in [0.3, 0.4) is 0 Å². The maximum Gasteiger partial charge on any atom is 0.319 e. The lowest BCUT2D eigenvalue weighted by atomic mass is 10.1. The van der Waals surface area contributed by atoms with Crippen molar-refractivity contribution in [2.24, 2.45) is 0 Å². The minimum Gasteiger partial charge on any atom is -0.328 e. The normalized spacial score (nSPS) is 15.2. The van der Waals surface area contributed by atoms with Gasteiger partial charge < -0.3 is 10.6 Å². The van der Waals surface area contributed by atoms with Gasteiger partial charge in [0.25, 0.3) is 0 Å². The van der Waals surface area contributed by atoms with Crippen LogP contribution < -0.4 is 10.6 Å². The minimum absolute atomic E-state index is 0.224. The molecule has 0 aromatic heterocycles. The summed E-state index contributed by atoms with van der Waals surface area (Å²) in [6, 6.07) is 12.8. The van der Waals surface area contributed by atoms with Gasteiger partial charge in [0.05, 0.1) is 5.54 Å². The molecule has 5 heteroatoms. The van der Waals surface area contributed by atoms with Crippen LogP contribution in [-0.4, -0.2) is 6.03 Å². The highest BCUT2D eigenvalue weighted by Gasteiger charge is 2.45. The average molecular weight is 335 g/mol. The lowest BCUT2D eigenvalue weighted by Crippen LogP contribution is -2.38. The smallest absolute Gasteiger partial charge is 0.319 e. The fourth-order valence-electron chi connectivity index (χ4n) is 2.48. The van der Waals surface area contributed by atoms with Gasteiger partial charge in [0.2, 0.25) is 0 Å². The van der Waals surface area contributed by atoms with E-state index in [9.17, 15) is 4.79 Å². The number of hydrogen-bond acceptors (Lipinski definition) is 1. The first-order valence-electron chi connectivity index (χ1n) is 7.10. The third-order valence-electron chi connectivity index (χ3n) is 3.95. The molecule has 0 spiro atoms. The third kappa shape index (κ3) is 3.21. The predicted molar refractivity (Wildman–Crippen MR) is 90.7 cm³/mol. The summed E-state index contributed by atoms with van der Waals surface area (Å²) in [5, 5.41) is 7.22. The zero-order valence-corrected chi connectivity index (χ0v) is 13.6. The van der Waals surface area contributed by atoms with Crippen LogP contribution in [0.25, 0.3) is 0 Å². The molecule has 2 aromatic rings. The number of carbonyl (C=O) groups is 1. The van der Waals surface area contributed by atoms with E-state index in [2.05, 4.69) is 10.6 Å². The van der Waals surface area contributed by atoms with Crippen molar-refractivity contribution in [3.05, 3.63) is 63.6 Å². The molecular weight excluding hydrogens is 319 g/mol. The molecule has 1 saturated carbocycles. The molecule has 0 bridgehead atoms. The number of benzene rings is 2. The van der Waals surface area contributed by atoms with Crippen LogP contribution >= 0.6 is 23.2 Å². The Bertz CT molecular complexity index is 709. The first-order valence-corrected chi connectivity index (χ1v) is 7.85. The van der Waals surface area contributed by atoms with Crippen molar-refractivity contribution in [3.8, 4) is 0 Å². The predicted octanol–water partition coefficient (Wildman–Crippen LogP) is 5.11. The summed E-state index contributed by atoms with van der Waals surface area (Å²) in [4.78, 5) is 12.3. The van der Waals surface area contributed by atoms with Crippen molar-refractivity contribution in [1.82, 2.24) is 5.32 Å². The van der Waals surface area contributed by atoms with Crippen LogP contribution in [0.15, 0.2) is 42.5 Å². The van der Waals surface area contributed by atoms with Crippen LogP contribution in [0, 0.1) is 6.92 Å². The van der Waals surface area contributed by atoms with Gasteiger partial charge in [-0.05, 0) is 55.2 Å². The quantitative estimate of drug-likeness (QED) is 0.804. The first kappa shape index (κ1) is 15.2. The monoisotopic (exact) mass is 334 g/mol. The standard InChI is InChI=1S/C17H16Cl2N2O/c1-11-2-5-14(19)10-15(11)20-16(22)21-17(8-9-17)12-3-6-13(18)7-4-12/h2-7,10H,8-9H2,1H3,(H2,20,21,22). The zero-order chi connectivity index (χ0) is 15.7. The molecular formula is C17H16Cl2N2O. The molecule has 2 aromatic carbocycles. The molecule has 0 unspecified atom stereocenters. The van der Waals surface area contributed by atoms with E-state index in [1.807, 2.05) is 37.3 Å². The van der Waals surface area contributed by atoms with Gasteiger partial charge in [-0.1, -0.05) is 41.4 Å². The van der Waals surface area contributed by atoms with Crippen LogP contribution in [0.5, 0.6) is 0 Å². The molecule has 0 aliphatic heterocycles. The fourth-order valence-corrected chi connectivity index (χ4v) is 2.78. The molecule has 1 fully saturated rings. The number of rotatable bonds is 3. The van der Waals surface area contributed by atoms with Gasteiger partial charge in [-0.15, -0.1) is 0 Å². The summed E-state index contributed by atoms with van der Waals surface area (Å²) >= 11 is 11.9. The van der Waals surface area contributed by atoms with Gasteiger partial charge in [0.1, 0.15) is 0 Å². The Labute approximate surface area is 139 Å². The number of anilines is 1. The highest BCUT2D eigenvalue weighted by atomic mass is 35.5. The van der Waals surface area contributed by atoms with Crippen molar-refractivity contribution in [2.45, 2.75) is 25.3 Å². The lowest BCUT2D eigenvalue weighted by Gasteiger charge is -2.19. The highest BCUT2D eigenvalue weighted by Crippen LogP contribution is 2.45. The fraction of sp³-hybridized carbons (Fsp3) is 0.235. The van der Waals surface area contributed by atoms with Crippen LogP contribution in [0.4, 0.5) is 10.5 Å². The largest absolute Gasteiger partial charge is 0.328 e. The maximum atomic E-state index is 12.3. The first-order chi connectivity index (χ1) is 10.5. The maximum absolute atomic E-state index is 12.3. The van der Waals surface area contributed by atoms with Gasteiger partial charge in [0, 0.05) is 15.7 Å². The van der Waals surface area contributed by atoms with E-state index in [4.69, 9.17) is 23.2 Å². The molecule has 3 nitrogen and oxygen atoms in total. The second-order valence-electron chi connectivity index (χ2n) is 5.63. The molecule has 0 radical (unpaired) electrons. The van der Waals surface area contributed by atoms with Gasteiger partial charge in [0.15, 0.2) is 0 Å². The summed E-state index contributed by atoms with van der Waals surface area (Å²) in [5.41, 5.74) is 2.49. The number of urea groups is 1. The number of amides is 2. The van der Waals surface area contributed by atoms with Gasteiger partial charge in [-0.25, -0.2) is 4.79 Å². The number of nitrogens with one attached hydrogen (secondary N) is 2. The van der Waals surface area contributed by atoms with Gasteiger partial charge in [-0.2, -0.15) is 0 Å². The highest BCUT2D eigenvalue weighted by molar-refractivity contribution is 6.31. The van der Waals surface area contributed by atoms with Crippen molar-refractivity contribution in [3.63, 3.8) is 0 Å². The van der Waals surface area contributed by atoms with E-state index in [1.54, 1.807) is 12.1 Å². The van der Waals surface area contributed by atoms with Crippen molar-refractivity contribution in [2.75, 3.05) is 5.32 Å². The molecule has 0 heterocycles. The van der Waals surface area contributed by atoms with E-state index in [0.29, 0.717) is 10.0 Å². The van der Waals surface area contributed by atoms with Crippen molar-refractivity contribution >= 4 is 34.9 Å². The Morgan fingerprint density at radius 3 is 2.32 bits per heavy atom. The van der Waals surface area contributed by atoms with Gasteiger partial charge in [-0.3, -0.25) is 0 Å². The number of hydrogen-bond donors (Lipinski definition) is 2. The van der Waals surface area contributed by atoms with Crippen LogP contribution in [-0.2, 0) is 5.54 Å². The second kappa shape index (κ2) is 5.82. The molecule has 0 saturated heterocycles. The molecule has 1 aliphatic rings. The average Bonchev–Trinajstić information content (AvgIpc) is 3.24. The Morgan fingerprint density at radius 2 is 1.68 bits per heavy atom. The Kier molecular flexibility index (Phi) is 4.02. The van der Waals surface area contributed by atoms with Crippen LogP contribution in [0.1, 0.15) is 24.0 Å². The molecule has 114 valence electrons. The van der Waals surface area contributed by atoms with Crippen molar-refractivity contribution in [1.29, 1.82) is 0 Å². The van der Waals surface area contributed by atoms with E-state index in [1.165, 1.54) is 0 Å². The van der Waals surface area contributed by atoms with E-state index >= 15 is 0 Å². The van der Waals surface area contributed by atoms with E-state index < -0.39 is 0 Å². The number of halogens is 2. The summed E-state index contributed by atoms with van der Waals surface area (Å²) in [6.45, 7) is 1.93. The third-order valence-corrected chi connectivity index (χ3v) is 4.43. The molecule has 2 amide bonds.